The van der Waals surface area contributed by atoms with E-state index in [-0.39, 0.29) is 24.3 Å². The minimum absolute atomic E-state index is 0.0665. The highest BCUT2D eigenvalue weighted by atomic mass is 16.8. The Morgan fingerprint density at radius 2 is 1.30 bits per heavy atom. The third-order valence-electron chi connectivity index (χ3n) is 6.97. The monoisotopic (exact) mass is 430 g/mol. The van der Waals surface area contributed by atoms with E-state index in [9.17, 15) is 10.2 Å². The molecule has 0 bridgehead atoms. The molecular formula is C22H46N4O4. The van der Waals surface area contributed by atoms with Crippen molar-refractivity contribution < 1.29 is 19.9 Å². The number of hydrogen-bond donors (Lipinski definition) is 4. The lowest BCUT2D eigenvalue weighted by molar-refractivity contribution is -0.147. The number of aliphatic hydroxyl groups excluding tert-OH is 2. The van der Waals surface area contributed by atoms with Gasteiger partial charge in [0.2, 0.25) is 0 Å². The average Bonchev–Trinajstić information content (AvgIpc) is 2.64. The normalized spacial score (nSPS) is 29.6. The van der Waals surface area contributed by atoms with Crippen LogP contribution in [0, 0.1) is 0 Å². The van der Waals surface area contributed by atoms with Gasteiger partial charge in [0.1, 0.15) is 0 Å². The standard InChI is InChI=1S/C22H46N4O4/c1-17-9-7-10-18(2)25(17)13-19(27)15-29-23-24-30-16-20(28)14-26-21(3,4)11-8-12-22(26,5)6/h17-20,23-24,27-28H,7-16H2,1-6H3. The van der Waals surface area contributed by atoms with Crippen molar-refractivity contribution in [1.29, 1.82) is 0 Å². The molecule has 0 aliphatic carbocycles. The van der Waals surface area contributed by atoms with Crippen molar-refractivity contribution in [3.8, 4) is 0 Å². The van der Waals surface area contributed by atoms with Crippen LogP contribution in [0.15, 0.2) is 0 Å². The first-order chi connectivity index (χ1) is 14.0. The zero-order valence-electron chi connectivity index (χ0n) is 20.0. The van der Waals surface area contributed by atoms with E-state index in [1.165, 1.54) is 25.7 Å². The van der Waals surface area contributed by atoms with Crippen molar-refractivity contribution in [3.05, 3.63) is 0 Å². The minimum Gasteiger partial charge on any atom is -0.389 e. The van der Waals surface area contributed by atoms with Gasteiger partial charge in [-0.15, -0.1) is 11.2 Å². The summed E-state index contributed by atoms with van der Waals surface area (Å²) >= 11 is 0. The Labute approximate surface area is 183 Å². The van der Waals surface area contributed by atoms with Gasteiger partial charge < -0.3 is 10.2 Å². The van der Waals surface area contributed by atoms with Gasteiger partial charge in [0.05, 0.1) is 25.4 Å². The van der Waals surface area contributed by atoms with E-state index < -0.39 is 12.2 Å². The fourth-order valence-electron chi connectivity index (χ4n) is 5.27. The predicted molar refractivity (Wildman–Crippen MR) is 118 cm³/mol. The molecule has 0 aromatic carbocycles. The van der Waals surface area contributed by atoms with Crippen LogP contribution in [0.1, 0.15) is 80.1 Å². The Kier molecular flexibility index (Phi) is 9.96. The molecule has 2 fully saturated rings. The SMILES string of the molecule is CC1CCCC(C)N1CC(O)CONNOCC(O)CN1C(C)(C)CCCC1(C)C. The second-order valence-electron chi connectivity index (χ2n) is 10.5. The van der Waals surface area contributed by atoms with Gasteiger partial charge in [0.25, 0.3) is 0 Å². The maximum atomic E-state index is 10.4. The van der Waals surface area contributed by atoms with Gasteiger partial charge in [-0.3, -0.25) is 19.5 Å². The average molecular weight is 431 g/mol. The highest BCUT2D eigenvalue weighted by Gasteiger charge is 2.41. The summed E-state index contributed by atoms with van der Waals surface area (Å²) in [6.45, 7) is 14.9. The van der Waals surface area contributed by atoms with Crippen LogP contribution in [0.4, 0.5) is 0 Å². The number of hydrogen-bond acceptors (Lipinski definition) is 8. The summed E-state index contributed by atoms with van der Waals surface area (Å²) in [7, 11) is 0. The van der Waals surface area contributed by atoms with Crippen LogP contribution >= 0.6 is 0 Å². The lowest BCUT2D eigenvalue weighted by Gasteiger charge is -2.53. The molecule has 4 atom stereocenters. The number of aliphatic hydroxyl groups is 2. The molecule has 2 aliphatic heterocycles. The van der Waals surface area contributed by atoms with Crippen LogP contribution in [-0.4, -0.2) is 81.7 Å². The Hall–Kier alpha value is -0.320. The van der Waals surface area contributed by atoms with Crippen LogP contribution in [0.5, 0.6) is 0 Å². The van der Waals surface area contributed by atoms with Crippen LogP contribution in [0.25, 0.3) is 0 Å². The maximum Gasteiger partial charge on any atom is 0.0971 e. The van der Waals surface area contributed by atoms with Crippen LogP contribution in [0.3, 0.4) is 0 Å². The molecule has 2 rings (SSSR count). The smallest absolute Gasteiger partial charge is 0.0971 e. The molecule has 8 nitrogen and oxygen atoms in total. The molecule has 2 heterocycles. The van der Waals surface area contributed by atoms with Crippen LogP contribution in [0.2, 0.25) is 0 Å². The molecule has 0 amide bonds. The summed E-state index contributed by atoms with van der Waals surface area (Å²) < 4.78 is 0. The quantitative estimate of drug-likeness (QED) is 0.292. The summed E-state index contributed by atoms with van der Waals surface area (Å²) in [5.41, 5.74) is 5.12. The summed E-state index contributed by atoms with van der Waals surface area (Å²) in [6, 6.07) is 0.989. The van der Waals surface area contributed by atoms with Gasteiger partial charge in [0.15, 0.2) is 0 Å². The van der Waals surface area contributed by atoms with Gasteiger partial charge in [-0.1, -0.05) is 6.42 Å². The second-order valence-corrected chi connectivity index (χ2v) is 10.5. The lowest BCUT2D eigenvalue weighted by atomic mass is 9.79. The van der Waals surface area contributed by atoms with E-state index in [0.29, 0.717) is 25.2 Å². The first-order valence-corrected chi connectivity index (χ1v) is 11.7. The van der Waals surface area contributed by atoms with Crippen molar-refractivity contribution in [2.24, 2.45) is 0 Å². The van der Waals surface area contributed by atoms with Crippen LogP contribution < -0.4 is 11.2 Å². The number of hydrazine groups is 1. The minimum atomic E-state index is -0.608. The highest BCUT2D eigenvalue weighted by Crippen LogP contribution is 2.38. The van der Waals surface area contributed by atoms with E-state index in [1.54, 1.807) is 0 Å². The Balaban J connectivity index is 1.58. The molecule has 0 radical (unpaired) electrons. The molecule has 4 N–H and O–H groups in total. The number of rotatable bonds is 11. The topological polar surface area (TPSA) is 89.5 Å². The largest absolute Gasteiger partial charge is 0.389 e. The van der Waals surface area contributed by atoms with Gasteiger partial charge in [-0.25, -0.2) is 0 Å². The Morgan fingerprint density at radius 3 is 1.80 bits per heavy atom. The molecule has 0 aromatic heterocycles. The highest BCUT2D eigenvalue weighted by molar-refractivity contribution is 4.97. The number of β-amino-alcohol motifs (C(OH)–C–C–N with tert-alkyl or cyclic N) is 2. The third kappa shape index (κ3) is 7.67. The number of piperidine rings is 2. The first kappa shape index (κ1) is 25.9. The van der Waals surface area contributed by atoms with Gasteiger partial charge in [0, 0.05) is 36.3 Å². The molecule has 2 aliphatic rings. The molecule has 0 spiro atoms. The van der Waals surface area contributed by atoms with Gasteiger partial charge in [-0.05, 0) is 73.6 Å². The Morgan fingerprint density at radius 1 is 0.833 bits per heavy atom. The molecule has 0 saturated carbocycles. The number of likely N-dealkylation sites (tertiary alicyclic amines) is 2. The molecule has 8 heteroatoms. The fraction of sp³-hybridized carbons (Fsp3) is 1.00. The third-order valence-corrected chi connectivity index (χ3v) is 6.97. The summed E-state index contributed by atoms with van der Waals surface area (Å²) in [5, 5.41) is 20.7. The zero-order valence-corrected chi connectivity index (χ0v) is 20.0. The van der Waals surface area contributed by atoms with E-state index in [4.69, 9.17) is 9.68 Å². The van der Waals surface area contributed by atoms with E-state index in [2.05, 4.69) is 62.5 Å². The molecular weight excluding hydrogens is 384 g/mol. The summed E-state index contributed by atoms with van der Waals surface area (Å²) in [4.78, 5) is 15.3. The van der Waals surface area contributed by atoms with Crippen LogP contribution in [-0.2, 0) is 9.68 Å². The molecule has 2 saturated heterocycles. The summed E-state index contributed by atoms with van der Waals surface area (Å²) in [5.74, 6) is 0. The predicted octanol–water partition coefficient (Wildman–Crippen LogP) is 1.97. The molecule has 30 heavy (non-hydrogen) atoms. The zero-order chi connectivity index (χ0) is 22.4. The second kappa shape index (κ2) is 11.5. The summed E-state index contributed by atoms with van der Waals surface area (Å²) in [6.07, 6.45) is 5.92. The molecule has 178 valence electrons. The lowest BCUT2D eigenvalue weighted by Crippen LogP contribution is -2.60. The van der Waals surface area contributed by atoms with Gasteiger partial charge in [-0.2, -0.15) is 0 Å². The Bertz CT molecular complexity index is 480. The van der Waals surface area contributed by atoms with Crippen molar-refractivity contribution >= 4 is 0 Å². The number of nitrogens with one attached hydrogen (secondary N) is 2. The van der Waals surface area contributed by atoms with E-state index in [1.807, 2.05) is 0 Å². The van der Waals surface area contributed by atoms with Crippen molar-refractivity contribution in [3.63, 3.8) is 0 Å². The van der Waals surface area contributed by atoms with E-state index >= 15 is 0 Å². The van der Waals surface area contributed by atoms with Crippen molar-refractivity contribution in [2.75, 3.05) is 26.3 Å². The fourth-order valence-corrected chi connectivity index (χ4v) is 5.27. The maximum absolute atomic E-state index is 10.4. The van der Waals surface area contributed by atoms with Crippen molar-refractivity contribution in [2.45, 2.75) is 115 Å². The first-order valence-electron chi connectivity index (χ1n) is 11.7. The molecule has 4 unspecified atom stereocenters. The van der Waals surface area contributed by atoms with E-state index in [0.717, 1.165) is 12.8 Å². The molecule has 0 aromatic rings. The number of nitrogens with zero attached hydrogens (tertiary/aromatic N) is 2. The van der Waals surface area contributed by atoms with Gasteiger partial charge >= 0.3 is 0 Å². The van der Waals surface area contributed by atoms with Crippen molar-refractivity contribution in [1.82, 2.24) is 21.0 Å².